The van der Waals surface area contributed by atoms with E-state index < -0.39 is 11.9 Å². The number of carbonyl (C=O) groups is 2. The molecule has 0 aliphatic carbocycles. The molecule has 0 spiro atoms. The van der Waals surface area contributed by atoms with Crippen LogP contribution in [0.1, 0.15) is 20.7 Å². The zero-order chi connectivity index (χ0) is 14.8. The van der Waals surface area contributed by atoms with E-state index in [1.54, 1.807) is 24.3 Å². The maximum atomic E-state index is 12.3. The summed E-state index contributed by atoms with van der Waals surface area (Å²) in [6.07, 6.45) is 3.99. The number of hydrogen-bond acceptors (Lipinski definition) is 4. The predicted octanol–water partition coefficient (Wildman–Crippen LogP) is 2.78. The van der Waals surface area contributed by atoms with Crippen LogP contribution in [0.4, 0.5) is 5.69 Å². The number of hydrogen-bond donors (Lipinski definition) is 2. The second-order valence-electron chi connectivity index (χ2n) is 4.33. The number of aromatic nitrogens is 1. The molecule has 0 aliphatic heterocycles. The summed E-state index contributed by atoms with van der Waals surface area (Å²) in [5.74, 6) is -1.58. The Labute approximate surface area is 119 Å². The molecule has 2 heterocycles. The molecule has 2 aromatic heterocycles. The van der Waals surface area contributed by atoms with Crippen molar-refractivity contribution in [2.45, 2.75) is 0 Å². The molecule has 0 saturated heterocycles. The Hall–Kier alpha value is -3.15. The van der Waals surface area contributed by atoms with Gasteiger partial charge in [-0.05, 0) is 12.1 Å². The van der Waals surface area contributed by atoms with Gasteiger partial charge in [0, 0.05) is 11.6 Å². The zero-order valence-electron chi connectivity index (χ0n) is 10.7. The minimum atomic E-state index is -1.13. The normalized spacial score (nSPS) is 10.5. The van der Waals surface area contributed by atoms with Crippen LogP contribution in [0.2, 0.25) is 0 Å². The summed E-state index contributed by atoms with van der Waals surface area (Å²) in [6.45, 7) is 0. The minimum absolute atomic E-state index is 0.0221. The SMILES string of the molecule is O=C(O)c1ccncc1NC(=O)c1coc2ccccc12. The molecule has 1 aromatic carbocycles. The van der Waals surface area contributed by atoms with Crippen LogP contribution in [-0.2, 0) is 0 Å². The molecule has 0 unspecified atom stereocenters. The lowest BCUT2D eigenvalue weighted by Crippen LogP contribution is -2.14. The van der Waals surface area contributed by atoms with Crippen LogP contribution < -0.4 is 5.32 Å². The molecule has 3 rings (SSSR count). The summed E-state index contributed by atoms with van der Waals surface area (Å²) in [7, 11) is 0. The Balaban J connectivity index is 1.96. The van der Waals surface area contributed by atoms with E-state index in [9.17, 15) is 9.59 Å². The Kier molecular flexibility index (Phi) is 3.12. The van der Waals surface area contributed by atoms with E-state index in [0.717, 1.165) is 0 Å². The Morgan fingerprint density at radius 2 is 1.95 bits per heavy atom. The monoisotopic (exact) mass is 282 g/mol. The second-order valence-corrected chi connectivity index (χ2v) is 4.33. The van der Waals surface area contributed by atoms with Gasteiger partial charge in [0.05, 0.1) is 23.0 Å². The maximum Gasteiger partial charge on any atom is 0.337 e. The van der Waals surface area contributed by atoms with Crippen LogP contribution >= 0.6 is 0 Å². The average Bonchev–Trinajstić information content (AvgIpc) is 2.91. The largest absolute Gasteiger partial charge is 0.478 e. The first-order chi connectivity index (χ1) is 10.2. The highest BCUT2D eigenvalue weighted by Gasteiger charge is 2.17. The van der Waals surface area contributed by atoms with E-state index in [0.29, 0.717) is 16.5 Å². The quantitative estimate of drug-likeness (QED) is 0.770. The summed E-state index contributed by atoms with van der Waals surface area (Å²) >= 11 is 0. The number of carboxylic acid groups (broad SMARTS) is 1. The first-order valence-corrected chi connectivity index (χ1v) is 6.11. The fraction of sp³-hybridized carbons (Fsp3) is 0. The number of para-hydroxylation sites is 1. The van der Waals surface area contributed by atoms with Crippen LogP contribution in [-0.4, -0.2) is 22.0 Å². The maximum absolute atomic E-state index is 12.3. The Morgan fingerprint density at radius 3 is 2.76 bits per heavy atom. The highest BCUT2D eigenvalue weighted by Crippen LogP contribution is 2.22. The summed E-state index contributed by atoms with van der Waals surface area (Å²) in [5, 5.41) is 12.3. The highest BCUT2D eigenvalue weighted by molar-refractivity contribution is 6.13. The van der Waals surface area contributed by atoms with Gasteiger partial charge >= 0.3 is 5.97 Å². The molecule has 0 aliphatic rings. The second kappa shape index (κ2) is 5.09. The van der Waals surface area contributed by atoms with Gasteiger partial charge in [0.1, 0.15) is 11.8 Å². The van der Waals surface area contributed by atoms with Crippen molar-refractivity contribution in [3.8, 4) is 0 Å². The van der Waals surface area contributed by atoms with Crippen LogP contribution in [0.15, 0.2) is 53.4 Å². The molecule has 0 saturated carbocycles. The lowest BCUT2D eigenvalue weighted by atomic mass is 10.1. The predicted molar refractivity (Wildman–Crippen MR) is 75.4 cm³/mol. The first kappa shape index (κ1) is 12.9. The summed E-state index contributed by atoms with van der Waals surface area (Å²) in [4.78, 5) is 27.2. The van der Waals surface area contributed by atoms with Gasteiger partial charge < -0.3 is 14.8 Å². The summed E-state index contributed by atoms with van der Waals surface area (Å²) in [5.41, 5.74) is 1.05. The van der Waals surface area contributed by atoms with Crippen molar-refractivity contribution < 1.29 is 19.1 Å². The lowest BCUT2D eigenvalue weighted by molar-refractivity contribution is 0.0698. The summed E-state index contributed by atoms with van der Waals surface area (Å²) in [6, 6.07) is 8.43. The van der Waals surface area contributed by atoms with E-state index in [4.69, 9.17) is 9.52 Å². The molecule has 0 atom stereocenters. The zero-order valence-corrected chi connectivity index (χ0v) is 10.7. The Morgan fingerprint density at radius 1 is 1.14 bits per heavy atom. The number of furan rings is 1. The van der Waals surface area contributed by atoms with E-state index in [-0.39, 0.29) is 11.3 Å². The Bertz CT molecular complexity index is 838. The molecule has 0 bridgehead atoms. The number of benzene rings is 1. The van der Waals surface area contributed by atoms with Gasteiger partial charge in [0.25, 0.3) is 5.91 Å². The van der Waals surface area contributed by atoms with Crippen molar-refractivity contribution in [3.05, 3.63) is 60.1 Å². The minimum Gasteiger partial charge on any atom is -0.478 e. The van der Waals surface area contributed by atoms with Crippen molar-refractivity contribution in [2.75, 3.05) is 5.32 Å². The van der Waals surface area contributed by atoms with E-state index in [1.807, 2.05) is 0 Å². The van der Waals surface area contributed by atoms with E-state index in [2.05, 4.69) is 10.3 Å². The fourth-order valence-corrected chi connectivity index (χ4v) is 2.02. The van der Waals surface area contributed by atoms with Crippen LogP contribution in [0, 0.1) is 0 Å². The van der Waals surface area contributed by atoms with E-state index in [1.165, 1.54) is 24.7 Å². The molecule has 6 heteroatoms. The van der Waals surface area contributed by atoms with Gasteiger partial charge in [-0.3, -0.25) is 9.78 Å². The number of pyridine rings is 1. The standard InChI is InChI=1S/C15H10N2O4/c18-14(11-8-21-13-4-2-1-3-9(11)13)17-12-7-16-6-5-10(12)15(19)20/h1-8H,(H,17,18)(H,19,20). The number of aromatic carboxylic acids is 1. The van der Waals surface area contributed by atoms with Crippen molar-refractivity contribution in [3.63, 3.8) is 0 Å². The number of nitrogens with one attached hydrogen (secondary N) is 1. The van der Waals surface area contributed by atoms with Crippen molar-refractivity contribution in [2.24, 2.45) is 0 Å². The van der Waals surface area contributed by atoms with E-state index >= 15 is 0 Å². The lowest BCUT2D eigenvalue weighted by Gasteiger charge is -2.06. The molecule has 0 fully saturated rings. The van der Waals surface area contributed by atoms with Gasteiger partial charge in [0.15, 0.2) is 0 Å². The van der Waals surface area contributed by atoms with Crippen molar-refractivity contribution >= 4 is 28.5 Å². The van der Waals surface area contributed by atoms with Crippen LogP contribution in [0.5, 0.6) is 0 Å². The van der Waals surface area contributed by atoms with Crippen molar-refractivity contribution in [1.29, 1.82) is 0 Å². The fourth-order valence-electron chi connectivity index (χ4n) is 2.02. The van der Waals surface area contributed by atoms with Crippen LogP contribution in [0.25, 0.3) is 11.0 Å². The number of fused-ring (bicyclic) bond motifs is 1. The number of anilines is 1. The summed E-state index contributed by atoms with van der Waals surface area (Å²) < 4.78 is 5.29. The molecule has 1 amide bonds. The van der Waals surface area contributed by atoms with Crippen molar-refractivity contribution in [1.82, 2.24) is 4.98 Å². The van der Waals surface area contributed by atoms with Gasteiger partial charge in [-0.15, -0.1) is 0 Å². The van der Waals surface area contributed by atoms with Crippen LogP contribution in [0.3, 0.4) is 0 Å². The number of rotatable bonds is 3. The van der Waals surface area contributed by atoms with Gasteiger partial charge in [-0.1, -0.05) is 18.2 Å². The number of amides is 1. The third-order valence-corrected chi connectivity index (χ3v) is 3.03. The molecule has 21 heavy (non-hydrogen) atoms. The number of nitrogens with zero attached hydrogens (tertiary/aromatic N) is 1. The molecule has 6 nitrogen and oxygen atoms in total. The topological polar surface area (TPSA) is 92.4 Å². The van der Waals surface area contributed by atoms with Gasteiger partial charge in [-0.2, -0.15) is 0 Å². The third kappa shape index (κ3) is 2.34. The first-order valence-electron chi connectivity index (χ1n) is 6.11. The van der Waals surface area contributed by atoms with Gasteiger partial charge in [-0.25, -0.2) is 4.79 Å². The molecule has 104 valence electrons. The number of carboxylic acids is 1. The molecule has 0 radical (unpaired) electrons. The molecular formula is C15H10N2O4. The highest BCUT2D eigenvalue weighted by atomic mass is 16.4. The average molecular weight is 282 g/mol. The molecule has 2 N–H and O–H groups in total. The number of carbonyl (C=O) groups excluding carboxylic acids is 1. The smallest absolute Gasteiger partial charge is 0.337 e. The third-order valence-electron chi connectivity index (χ3n) is 3.03. The molecule has 3 aromatic rings. The van der Waals surface area contributed by atoms with Gasteiger partial charge in [0.2, 0.25) is 0 Å². The molecular weight excluding hydrogens is 272 g/mol.